The highest BCUT2D eigenvalue weighted by molar-refractivity contribution is 5.74. The standard InChI is InChI=1S/C13H17N3O3/c17-13(18)10-6-16(7-10)12-5-11(14-8-15-12)9-1-3-19-4-2-9/h5,8-10H,1-4,6-7H2,(H,17,18). The van der Waals surface area contributed by atoms with Crippen LogP contribution in [0.3, 0.4) is 0 Å². The van der Waals surface area contributed by atoms with Crippen LogP contribution < -0.4 is 4.90 Å². The van der Waals surface area contributed by atoms with Gasteiger partial charge in [-0.1, -0.05) is 0 Å². The molecule has 0 bridgehead atoms. The van der Waals surface area contributed by atoms with Crippen LogP contribution in [0.4, 0.5) is 5.82 Å². The van der Waals surface area contributed by atoms with Crippen LogP contribution in [0.25, 0.3) is 0 Å². The summed E-state index contributed by atoms with van der Waals surface area (Å²) in [6.45, 7) is 2.66. The molecule has 0 atom stereocenters. The van der Waals surface area contributed by atoms with Crippen LogP contribution in [0.1, 0.15) is 24.5 Å². The number of hydrogen-bond acceptors (Lipinski definition) is 5. The fourth-order valence-electron chi connectivity index (χ4n) is 2.57. The van der Waals surface area contributed by atoms with Crippen molar-refractivity contribution in [3.8, 4) is 0 Å². The molecule has 0 spiro atoms. The smallest absolute Gasteiger partial charge is 0.310 e. The molecule has 2 aliphatic rings. The predicted octanol–water partition coefficient (Wildman–Crippen LogP) is 0.891. The van der Waals surface area contributed by atoms with Gasteiger partial charge in [0.2, 0.25) is 0 Å². The summed E-state index contributed by atoms with van der Waals surface area (Å²) in [7, 11) is 0. The Kier molecular flexibility index (Phi) is 3.33. The normalized spacial score (nSPS) is 21.2. The first-order valence-electron chi connectivity index (χ1n) is 6.61. The Morgan fingerprint density at radius 3 is 2.74 bits per heavy atom. The van der Waals surface area contributed by atoms with Gasteiger partial charge in [-0.3, -0.25) is 4.79 Å². The Morgan fingerprint density at radius 1 is 1.32 bits per heavy atom. The first kappa shape index (κ1) is 12.3. The Balaban J connectivity index is 1.68. The number of aromatic nitrogens is 2. The highest BCUT2D eigenvalue weighted by Gasteiger charge is 2.33. The molecule has 6 nitrogen and oxygen atoms in total. The second-order valence-electron chi connectivity index (χ2n) is 5.13. The van der Waals surface area contributed by atoms with E-state index in [2.05, 4.69) is 9.97 Å². The van der Waals surface area contributed by atoms with Gasteiger partial charge in [-0.25, -0.2) is 9.97 Å². The molecule has 3 heterocycles. The number of aliphatic carboxylic acids is 1. The van der Waals surface area contributed by atoms with E-state index in [0.29, 0.717) is 19.0 Å². The summed E-state index contributed by atoms with van der Waals surface area (Å²) in [5, 5.41) is 8.88. The summed E-state index contributed by atoms with van der Waals surface area (Å²) in [6.07, 6.45) is 3.57. The van der Waals surface area contributed by atoms with Crippen LogP contribution in [-0.2, 0) is 9.53 Å². The fraction of sp³-hybridized carbons (Fsp3) is 0.615. The van der Waals surface area contributed by atoms with Crippen molar-refractivity contribution in [2.75, 3.05) is 31.2 Å². The van der Waals surface area contributed by atoms with Gasteiger partial charge in [0.15, 0.2) is 0 Å². The van der Waals surface area contributed by atoms with Crippen LogP contribution in [0.2, 0.25) is 0 Å². The molecule has 3 rings (SSSR count). The molecule has 6 heteroatoms. The minimum atomic E-state index is -0.727. The number of nitrogens with zero attached hydrogens (tertiary/aromatic N) is 3. The second kappa shape index (κ2) is 5.13. The van der Waals surface area contributed by atoms with E-state index in [0.717, 1.165) is 37.6 Å². The van der Waals surface area contributed by atoms with Crippen molar-refractivity contribution >= 4 is 11.8 Å². The third-order valence-electron chi connectivity index (χ3n) is 3.87. The molecule has 0 amide bonds. The molecule has 1 aromatic heterocycles. The van der Waals surface area contributed by atoms with Gasteiger partial charge in [0.1, 0.15) is 12.1 Å². The number of carboxylic acids is 1. The number of carboxylic acid groups (broad SMARTS) is 1. The van der Waals surface area contributed by atoms with E-state index in [1.54, 1.807) is 6.33 Å². The number of rotatable bonds is 3. The highest BCUT2D eigenvalue weighted by atomic mass is 16.5. The predicted molar refractivity (Wildman–Crippen MR) is 68.2 cm³/mol. The minimum absolute atomic E-state index is 0.263. The Bertz CT molecular complexity index is 468. The zero-order valence-corrected chi connectivity index (χ0v) is 10.7. The Hall–Kier alpha value is -1.69. The lowest BCUT2D eigenvalue weighted by Crippen LogP contribution is -2.50. The van der Waals surface area contributed by atoms with Gasteiger partial charge in [-0.2, -0.15) is 0 Å². The number of hydrogen-bond donors (Lipinski definition) is 1. The molecular weight excluding hydrogens is 246 g/mol. The van der Waals surface area contributed by atoms with E-state index >= 15 is 0 Å². The second-order valence-corrected chi connectivity index (χ2v) is 5.13. The van der Waals surface area contributed by atoms with Crippen LogP contribution >= 0.6 is 0 Å². The average Bonchev–Trinajstić information content (AvgIpc) is 2.38. The van der Waals surface area contributed by atoms with E-state index < -0.39 is 5.97 Å². The molecule has 2 saturated heterocycles. The van der Waals surface area contributed by atoms with Crippen LogP contribution in [-0.4, -0.2) is 47.3 Å². The molecule has 0 radical (unpaired) electrons. The van der Waals surface area contributed by atoms with E-state index in [-0.39, 0.29) is 5.92 Å². The Morgan fingerprint density at radius 2 is 2.05 bits per heavy atom. The van der Waals surface area contributed by atoms with Gasteiger partial charge in [0.05, 0.1) is 5.92 Å². The minimum Gasteiger partial charge on any atom is -0.481 e. The lowest BCUT2D eigenvalue weighted by molar-refractivity contribution is -0.142. The lowest BCUT2D eigenvalue weighted by atomic mass is 9.95. The third-order valence-corrected chi connectivity index (χ3v) is 3.87. The molecule has 0 aliphatic carbocycles. The molecule has 2 aliphatic heterocycles. The van der Waals surface area contributed by atoms with Crippen molar-refractivity contribution in [1.29, 1.82) is 0 Å². The van der Waals surface area contributed by atoms with Gasteiger partial charge in [-0.05, 0) is 12.8 Å². The summed E-state index contributed by atoms with van der Waals surface area (Å²) < 4.78 is 5.35. The van der Waals surface area contributed by atoms with E-state index in [1.807, 2.05) is 11.0 Å². The van der Waals surface area contributed by atoms with Crippen molar-refractivity contribution in [3.05, 3.63) is 18.1 Å². The van der Waals surface area contributed by atoms with Crippen LogP contribution in [0.5, 0.6) is 0 Å². The summed E-state index contributed by atoms with van der Waals surface area (Å²) in [6, 6.07) is 1.99. The van der Waals surface area contributed by atoms with Crippen molar-refractivity contribution in [2.24, 2.45) is 5.92 Å². The van der Waals surface area contributed by atoms with Crippen molar-refractivity contribution in [1.82, 2.24) is 9.97 Å². The SMILES string of the molecule is O=C(O)C1CN(c2cc(C3CCOCC3)ncn2)C1. The summed E-state index contributed by atoms with van der Waals surface area (Å²) in [5.74, 6) is 0.289. The first-order valence-corrected chi connectivity index (χ1v) is 6.61. The van der Waals surface area contributed by atoms with Gasteiger partial charge >= 0.3 is 5.97 Å². The van der Waals surface area contributed by atoms with Gasteiger partial charge in [-0.15, -0.1) is 0 Å². The molecule has 2 fully saturated rings. The zero-order valence-electron chi connectivity index (χ0n) is 10.7. The maximum absolute atomic E-state index is 10.8. The number of ether oxygens (including phenoxy) is 1. The molecule has 19 heavy (non-hydrogen) atoms. The maximum atomic E-state index is 10.8. The number of carbonyl (C=O) groups is 1. The molecule has 1 N–H and O–H groups in total. The van der Waals surface area contributed by atoms with Crippen LogP contribution in [0.15, 0.2) is 12.4 Å². The summed E-state index contributed by atoms with van der Waals surface area (Å²) >= 11 is 0. The van der Waals surface area contributed by atoms with Crippen LogP contribution in [0, 0.1) is 5.92 Å². The molecular formula is C13H17N3O3. The lowest BCUT2D eigenvalue weighted by Gasteiger charge is -2.37. The van der Waals surface area contributed by atoms with Crippen molar-refractivity contribution in [3.63, 3.8) is 0 Å². The molecule has 1 aromatic rings. The monoisotopic (exact) mass is 263 g/mol. The molecule has 0 aromatic carbocycles. The number of anilines is 1. The maximum Gasteiger partial charge on any atom is 0.310 e. The van der Waals surface area contributed by atoms with Gasteiger partial charge in [0, 0.05) is 44.0 Å². The highest BCUT2D eigenvalue weighted by Crippen LogP contribution is 2.29. The van der Waals surface area contributed by atoms with E-state index in [4.69, 9.17) is 9.84 Å². The van der Waals surface area contributed by atoms with Crippen molar-refractivity contribution < 1.29 is 14.6 Å². The zero-order chi connectivity index (χ0) is 13.2. The summed E-state index contributed by atoms with van der Waals surface area (Å²) in [5.41, 5.74) is 1.05. The quantitative estimate of drug-likeness (QED) is 0.873. The average molecular weight is 263 g/mol. The molecule has 0 saturated carbocycles. The van der Waals surface area contributed by atoms with Gasteiger partial charge in [0.25, 0.3) is 0 Å². The topological polar surface area (TPSA) is 75.5 Å². The third kappa shape index (κ3) is 2.53. The molecule has 102 valence electrons. The summed E-state index contributed by atoms with van der Waals surface area (Å²) in [4.78, 5) is 21.4. The van der Waals surface area contributed by atoms with E-state index in [9.17, 15) is 4.79 Å². The van der Waals surface area contributed by atoms with Gasteiger partial charge < -0.3 is 14.7 Å². The van der Waals surface area contributed by atoms with Crippen molar-refractivity contribution in [2.45, 2.75) is 18.8 Å². The Labute approximate surface area is 111 Å². The largest absolute Gasteiger partial charge is 0.481 e. The van der Waals surface area contributed by atoms with E-state index in [1.165, 1.54) is 0 Å². The first-order chi connectivity index (χ1) is 9.24. The molecule has 0 unspecified atom stereocenters. The fourth-order valence-corrected chi connectivity index (χ4v) is 2.57.